The van der Waals surface area contributed by atoms with Gasteiger partial charge in [-0.2, -0.15) is 0 Å². The first-order valence-electron chi connectivity index (χ1n) is 2.85. The van der Waals surface area contributed by atoms with Crippen molar-refractivity contribution in [3.8, 4) is 0 Å². The van der Waals surface area contributed by atoms with Crippen LogP contribution in [-0.2, 0) is 0 Å². The third-order valence-electron chi connectivity index (χ3n) is 0.894. The molecule has 2 N–H and O–H groups in total. The van der Waals surface area contributed by atoms with Crippen molar-refractivity contribution < 1.29 is 0 Å². The van der Waals surface area contributed by atoms with E-state index in [0.717, 1.165) is 0 Å². The summed E-state index contributed by atoms with van der Waals surface area (Å²) in [5, 5.41) is 5.91. The zero-order valence-corrected chi connectivity index (χ0v) is 10.5. The van der Waals surface area contributed by atoms with E-state index in [1.807, 2.05) is 0 Å². The predicted molar refractivity (Wildman–Crippen MR) is 44.9 cm³/mol. The lowest BCUT2D eigenvalue weighted by atomic mass is 10.6. The van der Waals surface area contributed by atoms with Crippen molar-refractivity contribution in [1.82, 2.24) is 0 Å². The average molecular weight is 149 g/mol. The molecule has 0 atom stereocenters. The van der Waals surface area contributed by atoms with E-state index in [-0.39, 0.29) is 0 Å². The van der Waals surface area contributed by atoms with E-state index in [2.05, 4.69) is 6.92 Å². The van der Waals surface area contributed by atoms with Crippen molar-refractivity contribution in [1.29, 1.82) is 0 Å². The van der Waals surface area contributed by atoms with Crippen LogP contribution in [0.15, 0.2) is 0 Å². The van der Waals surface area contributed by atoms with Gasteiger partial charge in [-0.05, 0) is 0 Å². The summed E-state index contributed by atoms with van der Waals surface area (Å²) < 4.78 is 0. The molecule has 0 bridgehead atoms. The summed E-state index contributed by atoms with van der Waals surface area (Å²) in [5.41, 5.74) is 0. The molecule has 0 rings (SSSR count). The third kappa shape index (κ3) is 6.61. The third-order valence-corrected chi connectivity index (χ3v) is 5.68. The molecule has 0 aliphatic rings. The van der Waals surface area contributed by atoms with Gasteiger partial charge in [0.25, 0.3) is 0 Å². The van der Waals surface area contributed by atoms with Crippen LogP contribution in [0.2, 0.25) is 6.04 Å². The Kier molecular flexibility index (Phi) is 3.05. The van der Waals surface area contributed by atoms with Crippen LogP contribution in [0.5, 0.6) is 0 Å². The van der Waals surface area contributed by atoms with E-state index < -0.39 is 7.27 Å². The summed E-state index contributed by atoms with van der Waals surface area (Å²) in [7, 11) is 1.75. The van der Waals surface area contributed by atoms with Gasteiger partial charge in [-0.3, -0.25) is 0 Å². The fourth-order valence-electron chi connectivity index (χ4n) is 0.644. The highest BCUT2D eigenvalue weighted by molar-refractivity contribution is 7.39. The topological polar surface area (TPSA) is 26.0 Å². The standard InChI is InChI=1S/C3H15NSi3/c1-2-3-7(4,5)6/h2-4H2,1,5-6H3. The average Bonchev–Trinajstić information content (AvgIpc) is 1.30. The number of hydrogen-bond acceptors (Lipinski definition) is 1. The summed E-state index contributed by atoms with van der Waals surface area (Å²) in [6.07, 6.45) is 1.32. The van der Waals surface area contributed by atoms with Crippen molar-refractivity contribution in [2.75, 3.05) is 0 Å². The molecule has 0 aromatic rings. The molecule has 0 aromatic carbocycles. The zero-order valence-electron chi connectivity index (χ0n) is 5.49. The molecule has 0 heterocycles. The summed E-state index contributed by atoms with van der Waals surface area (Å²) in [4.78, 5) is 0. The molecule has 0 aromatic heterocycles. The fourth-order valence-corrected chi connectivity index (χ4v) is 4.93. The molecule has 44 valence electrons. The van der Waals surface area contributed by atoms with Gasteiger partial charge in [-0.15, -0.1) is 0 Å². The molecule has 0 saturated heterocycles. The van der Waals surface area contributed by atoms with Gasteiger partial charge >= 0.3 is 0 Å². The Hall–Kier alpha value is 0.611. The molecule has 1 nitrogen and oxygen atoms in total. The van der Waals surface area contributed by atoms with E-state index in [1.165, 1.54) is 32.0 Å². The van der Waals surface area contributed by atoms with Crippen LogP contribution < -0.4 is 5.40 Å². The van der Waals surface area contributed by atoms with Gasteiger partial charge in [0.15, 0.2) is 0 Å². The van der Waals surface area contributed by atoms with Gasteiger partial charge in [0, 0.05) is 19.5 Å². The monoisotopic (exact) mass is 149 g/mol. The molecule has 0 saturated carbocycles. The van der Waals surface area contributed by atoms with Gasteiger partial charge in [-0.25, -0.2) is 0 Å². The maximum Gasteiger partial charge on any atom is 0.0813 e. The molecule has 0 fully saturated rings. The van der Waals surface area contributed by atoms with Crippen LogP contribution in [0.4, 0.5) is 0 Å². The van der Waals surface area contributed by atoms with E-state index >= 15 is 0 Å². The largest absolute Gasteiger partial charge is 0.356 e. The molecular weight excluding hydrogens is 134 g/mol. The van der Waals surface area contributed by atoms with Gasteiger partial charge in [0.1, 0.15) is 0 Å². The van der Waals surface area contributed by atoms with Crippen molar-refractivity contribution in [2.24, 2.45) is 5.40 Å². The van der Waals surface area contributed by atoms with Crippen LogP contribution in [-0.4, -0.2) is 26.8 Å². The Bertz CT molecular complexity index is 48.6. The lowest BCUT2D eigenvalue weighted by Crippen LogP contribution is -2.47. The van der Waals surface area contributed by atoms with E-state index in [1.54, 1.807) is 0 Å². The second kappa shape index (κ2) is 2.81. The Labute approximate surface area is 52.2 Å². The summed E-state index contributed by atoms with van der Waals surface area (Å²) >= 11 is 0. The molecule has 0 spiro atoms. The second-order valence-electron chi connectivity index (χ2n) is 2.74. The summed E-state index contributed by atoms with van der Waals surface area (Å²) in [6, 6.07) is 1.38. The normalized spacial score (nSPS) is 19.7. The highest BCUT2D eigenvalue weighted by atomic mass is 29.6. The van der Waals surface area contributed by atoms with E-state index in [9.17, 15) is 0 Å². The predicted octanol–water partition coefficient (Wildman–Crippen LogP) is -1.98. The number of hydrogen-bond donors (Lipinski definition) is 1. The Morgan fingerprint density at radius 3 is 2.00 bits per heavy atom. The van der Waals surface area contributed by atoms with Crippen molar-refractivity contribution in [2.45, 2.75) is 19.4 Å². The van der Waals surface area contributed by atoms with Crippen LogP contribution in [0.3, 0.4) is 0 Å². The van der Waals surface area contributed by atoms with Crippen molar-refractivity contribution in [3.05, 3.63) is 0 Å². The molecule has 4 heteroatoms. The number of nitrogens with two attached hydrogens (primary N) is 1. The fraction of sp³-hybridized carbons (Fsp3) is 1.00. The minimum absolute atomic E-state index is 0.879. The maximum atomic E-state index is 5.91. The molecular formula is C3H15NSi3. The Morgan fingerprint density at radius 1 is 1.57 bits per heavy atom. The summed E-state index contributed by atoms with van der Waals surface area (Å²) in [5.74, 6) is 0. The van der Waals surface area contributed by atoms with Crippen molar-refractivity contribution in [3.63, 3.8) is 0 Å². The van der Waals surface area contributed by atoms with Gasteiger partial charge in [0.2, 0.25) is 0 Å². The van der Waals surface area contributed by atoms with Crippen LogP contribution in [0.25, 0.3) is 0 Å². The quantitative estimate of drug-likeness (QED) is 0.453. The number of rotatable bonds is 2. The van der Waals surface area contributed by atoms with E-state index in [4.69, 9.17) is 5.40 Å². The van der Waals surface area contributed by atoms with Gasteiger partial charge in [-0.1, -0.05) is 19.4 Å². The zero-order chi connectivity index (χ0) is 5.91. The molecule has 0 amide bonds. The molecule has 0 aliphatic carbocycles. The molecule has 7 heavy (non-hydrogen) atoms. The highest BCUT2D eigenvalue weighted by Crippen LogP contribution is 1.93. The van der Waals surface area contributed by atoms with E-state index in [0.29, 0.717) is 0 Å². The maximum absolute atomic E-state index is 5.91. The first kappa shape index (κ1) is 7.61. The Morgan fingerprint density at radius 2 is 2.00 bits per heavy atom. The second-order valence-corrected chi connectivity index (χ2v) is 26.9. The minimum Gasteiger partial charge on any atom is -0.356 e. The van der Waals surface area contributed by atoms with Gasteiger partial charge in [0.05, 0.1) is 7.27 Å². The lowest BCUT2D eigenvalue weighted by Gasteiger charge is -2.12. The first-order valence-corrected chi connectivity index (χ1v) is 12.1. The SMILES string of the molecule is CCC[Si](N)([SiH3])[SiH3]. The smallest absolute Gasteiger partial charge is 0.0813 e. The highest BCUT2D eigenvalue weighted by Gasteiger charge is 2.10. The van der Waals surface area contributed by atoms with Crippen LogP contribution in [0.1, 0.15) is 13.3 Å². The first-order chi connectivity index (χ1) is 3.06. The lowest BCUT2D eigenvalue weighted by molar-refractivity contribution is 1.06. The Balaban J connectivity index is 3.15. The summed E-state index contributed by atoms with van der Waals surface area (Å²) in [6.45, 7) is 2.23. The molecule has 0 aliphatic heterocycles. The van der Waals surface area contributed by atoms with Crippen LogP contribution in [0, 0.1) is 0 Å². The minimum atomic E-state index is -0.879. The molecule has 0 unspecified atom stereocenters. The van der Waals surface area contributed by atoms with Gasteiger partial charge < -0.3 is 5.40 Å². The van der Waals surface area contributed by atoms with Crippen LogP contribution >= 0.6 is 0 Å². The van der Waals surface area contributed by atoms with Crippen molar-refractivity contribution >= 4 is 26.8 Å². The molecule has 0 radical (unpaired) electrons.